The van der Waals surface area contributed by atoms with Crippen LogP contribution in [0.25, 0.3) is 0 Å². The molecule has 16 heavy (non-hydrogen) atoms. The molecule has 0 aliphatic carbocycles. The maximum absolute atomic E-state index is 12.3. The number of piperazine rings is 1. The largest absolute Gasteiger partial charge is 0.339 e. The number of piperidine rings is 1. The lowest BCUT2D eigenvalue weighted by Gasteiger charge is -2.36. The van der Waals surface area contributed by atoms with Gasteiger partial charge in [0.05, 0.1) is 6.04 Å². The second-order valence-corrected chi connectivity index (χ2v) is 4.85. The van der Waals surface area contributed by atoms with E-state index in [4.69, 9.17) is 0 Å². The first-order chi connectivity index (χ1) is 7.79. The Morgan fingerprint density at radius 2 is 1.69 bits per heavy atom. The first-order valence-corrected chi connectivity index (χ1v) is 6.52. The molecule has 4 heteroatoms. The number of carbonyl (C=O) groups is 1. The zero-order valence-electron chi connectivity index (χ0n) is 10.2. The second-order valence-electron chi connectivity index (χ2n) is 4.85. The van der Waals surface area contributed by atoms with E-state index >= 15 is 0 Å². The van der Waals surface area contributed by atoms with Gasteiger partial charge in [-0.3, -0.25) is 9.69 Å². The SMILES string of the molecule is CC(C(=O)N1CCNCC1)N1CCCCC1. The molecule has 0 spiro atoms. The van der Waals surface area contributed by atoms with Crippen molar-refractivity contribution in [1.82, 2.24) is 15.1 Å². The van der Waals surface area contributed by atoms with Gasteiger partial charge in [0, 0.05) is 26.2 Å². The van der Waals surface area contributed by atoms with Crippen molar-refractivity contribution >= 4 is 5.91 Å². The molecular formula is C12H23N3O. The molecule has 1 atom stereocenters. The van der Waals surface area contributed by atoms with Gasteiger partial charge >= 0.3 is 0 Å². The van der Waals surface area contributed by atoms with Crippen molar-refractivity contribution in [2.75, 3.05) is 39.3 Å². The Bertz CT molecular complexity index is 232. The quantitative estimate of drug-likeness (QED) is 0.734. The second kappa shape index (κ2) is 5.64. The molecule has 2 saturated heterocycles. The fourth-order valence-electron chi connectivity index (χ4n) is 2.61. The zero-order valence-corrected chi connectivity index (χ0v) is 10.2. The molecule has 2 aliphatic rings. The van der Waals surface area contributed by atoms with Crippen molar-refractivity contribution in [2.24, 2.45) is 0 Å². The van der Waals surface area contributed by atoms with Crippen molar-refractivity contribution in [3.8, 4) is 0 Å². The van der Waals surface area contributed by atoms with E-state index in [1.807, 2.05) is 4.90 Å². The topological polar surface area (TPSA) is 35.6 Å². The molecular weight excluding hydrogens is 202 g/mol. The molecule has 2 rings (SSSR count). The molecule has 2 aliphatic heterocycles. The normalized spacial score (nSPS) is 25.4. The average Bonchev–Trinajstić information content (AvgIpc) is 2.39. The van der Waals surface area contributed by atoms with Crippen molar-refractivity contribution in [1.29, 1.82) is 0 Å². The molecule has 0 aromatic carbocycles. The molecule has 1 amide bonds. The number of carbonyl (C=O) groups excluding carboxylic acids is 1. The summed E-state index contributed by atoms with van der Waals surface area (Å²) in [5.41, 5.74) is 0. The zero-order chi connectivity index (χ0) is 11.4. The van der Waals surface area contributed by atoms with Gasteiger partial charge in [0.15, 0.2) is 0 Å². The van der Waals surface area contributed by atoms with Crippen LogP contribution in [0.2, 0.25) is 0 Å². The van der Waals surface area contributed by atoms with Crippen LogP contribution < -0.4 is 5.32 Å². The van der Waals surface area contributed by atoms with Gasteiger partial charge in [0.1, 0.15) is 0 Å². The average molecular weight is 225 g/mol. The number of hydrogen-bond donors (Lipinski definition) is 1. The maximum Gasteiger partial charge on any atom is 0.239 e. The van der Waals surface area contributed by atoms with Gasteiger partial charge in [0.2, 0.25) is 5.91 Å². The fraction of sp³-hybridized carbons (Fsp3) is 0.917. The van der Waals surface area contributed by atoms with Gasteiger partial charge in [-0.15, -0.1) is 0 Å². The highest BCUT2D eigenvalue weighted by molar-refractivity contribution is 5.81. The van der Waals surface area contributed by atoms with Gasteiger partial charge in [0.25, 0.3) is 0 Å². The number of nitrogens with one attached hydrogen (secondary N) is 1. The van der Waals surface area contributed by atoms with Crippen molar-refractivity contribution in [2.45, 2.75) is 32.2 Å². The summed E-state index contributed by atoms with van der Waals surface area (Å²) >= 11 is 0. The van der Waals surface area contributed by atoms with Crippen LogP contribution in [0.3, 0.4) is 0 Å². The fourth-order valence-corrected chi connectivity index (χ4v) is 2.61. The van der Waals surface area contributed by atoms with E-state index in [2.05, 4.69) is 17.1 Å². The van der Waals surface area contributed by atoms with Crippen molar-refractivity contribution in [3.63, 3.8) is 0 Å². The number of nitrogens with zero attached hydrogens (tertiary/aromatic N) is 2. The molecule has 0 aromatic rings. The van der Waals surface area contributed by atoms with Crippen molar-refractivity contribution in [3.05, 3.63) is 0 Å². The molecule has 1 unspecified atom stereocenters. The first kappa shape index (κ1) is 11.9. The first-order valence-electron chi connectivity index (χ1n) is 6.52. The number of rotatable bonds is 2. The third-order valence-corrected chi connectivity index (χ3v) is 3.72. The molecule has 2 heterocycles. The third-order valence-electron chi connectivity index (χ3n) is 3.72. The number of hydrogen-bond acceptors (Lipinski definition) is 3. The Hall–Kier alpha value is -0.610. The van der Waals surface area contributed by atoms with Gasteiger partial charge in [-0.1, -0.05) is 6.42 Å². The van der Waals surface area contributed by atoms with Gasteiger partial charge in [-0.25, -0.2) is 0 Å². The van der Waals surface area contributed by atoms with Crippen LogP contribution in [-0.2, 0) is 4.79 Å². The number of likely N-dealkylation sites (tertiary alicyclic amines) is 1. The van der Waals surface area contributed by atoms with Crippen molar-refractivity contribution < 1.29 is 4.79 Å². The Labute approximate surface area is 98.0 Å². The molecule has 0 aromatic heterocycles. The third kappa shape index (κ3) is 2.74. The predicted molar refractivity (Wildman–Crippen MR) is 64.3 cm³/mol. The van der Waals surface area contributed by atoms with E-state index in [1.54, 1.807) is 0 Å². The predicted octanol–water partition coefficient (Wildman–Crippen LogP) is 0.293. The molecule has 4 nitrogen and oxygen atoms in total. The monoisotopic (exact) mass is 225 g/mol. The summed E-state index contributed by atoms with van der Waals surface area (Å²) < 4.78 is 0. The van der Waals surface area contributed by atoms with Crippen LogP contribution in [0.1, 0.15) is 26.2 Å². The van der Waals surface area contributed by atoms with Crippen LogP contribution in [0.4, 0.5) is 0 Å². The molecule has 92 valence electrons. The summed E-state index contributed by atoms with van der Waals surface area (Å²) in [6, 6.07) is 0.0819. The minimum absolute atomic E-state index is 0.0819. The van der Waals surface area contributed by atoms with E-state index in [1.165, 1.54) is 19.3 Å². The van der Waals surface area contributed by atoms with Gasteiger partial charge in [-0.05, 0) is 32.9 Å². The van der Waals surface area contributed by atoms with Crippen LogP contribution in [0, 0.1) is 0 Å². The van der Waals surface area contributed by atoms with E-state index < -0.39 is 0 Å². The molecule has 0 saturated carbocycles. The Balaban J connectivity index is 1.86. The van der Waals surface area contributed by atoms with Crippen LogP contribution in [0.5, 0.6) is 0 Å². The van der Waals surface area contributed by atoms with Gasteiger partial charge in [-0.2, -0.15) is 0 Å². The maximum atomic E-state index is 12.3. The lowest BCUT2D eigenvalue weighted by atomic mass is 10.1. The number of amides is 1. The van der Waals surface area contributed by atoms with Gasteiger partial charge < -0.3 is 10.2 Å². The Morgan fingerprint density at radius 3 is 2.31 bits per heavy atom. The standard InChI is InChI=1S/C12H23N3O/c1-11(14-7-3-2-4-8-14)12(16)15-9-5-13-6-10-15/h11,13H,2-10H2,1H3. The molecule has 0 radical (unpaired) electrons. The molecule has 0 bridgehead atoms. The summed E-state index contributed by atoms with van der Waals surface area (Å²) in [7, 11) is 0. The van der Waals surface area contributed by atoms with Crippen LogP contribution >= 0.6 is 0 Å². The van der Waals surface area contributed by atoms with E-state index in [0.717, 1.165) is 39.3 Å². The summed E-state index contributed by atoms with van der Waals surface area (Å²) in [5.74, 6) is 0.323. The Kier molecular flexibility index (Phi) is 4.18. The summed E-state index contributed by atoms with van der Waals surface area (Å²) in [6.07, 6.45) is 3.82. The molecule has 1 N–H and O–H groups in total. The van der Waals surface area contributed by atoms with E-state index in [9.17, 15) is 4.79 Å². The summed E-state index contributed by atoms with van der Waals surface area (Å²) in [5, 5.41) is 3.28. The smallest absolute Gasteiger partial charge is 0.239 e. The Morgan fingerprint density at radius 1 is 1.06 bits per heavy atom. The summed E-state index contributed by atoms with van der Waals surface area (Å²) in [4.78, 5) is 16.6. The highest BCUT2D eigenvalue weighted by Gasteiger charge is 2.27. The van der Waals surface area contributed by atoms with Crippen LogP contribution in [0.15, 0.2) is 0 Å². The van der Waals surface area contributed by atoms with Crippen LogP contribution in [-0.4, -0.2) is 61.0 Å². The van der Waals surface area contributed by atoms with E-state index in [-0.39, 0.29) is 6.04 Å². The lowest BCUT2D eigenvalue weighted by Crippen LogP contribution is -2.53. The minimum Gasteiger partial charge on any atom is -0.339 e. The minimum atomic E-state index is 0.0819. The summed E-state index contributed by atoms with van der Waals surface area (Å²) in [6.45, 7) is 7.89. The lowest BCUT2D eigenvalue weighted by molar-refractivity contribution is -0.137. The highest BCUT2D eigenvalue weighted by atomic mass is 16.2. The molecule has 2 fully saturated rings. The highest BCUT2D eigenvalue weighted by Crippen LogP contribution is 2.13. The van der Waals surface area contributed by atoms with E-state index in [0.29, 0.717) is 5.91 Å².